The van der Waals surface area contributed by atoms with E-state index in [0.717, 1.165) is 5.56 Å². The predicted octanol–water partition coefficient (Wildman–Crippen LogP) is 1.97. The van der Waals surface area contributed by atoms with Crippen molar-refractivity contribution >= 4 is 33.4 Å². The summed E-state index contributed by atoms with van der Waals surface area (Å²) in [5, 5.41) is 3.49. The summed E-state index contributed by atoms with van der Waals surface area (Å²) in [6, 6.07) is 7.43. The third kappa shape index (κ3) is 5.07. The Morgan fingerprint density at radius 3 is 2.52 bits per heavy atom. The van der Waals surface area contributed by atoms with Crippen molar-refractivity contribution in [2.45, 2.75) is 26.7 Å². The molecule has 0 saturated heterocycles. The number of hydrogen-bond donors (Lipinski definition) is 2. The van der Waals surface area contributed by atoms with E-state index >= 15 is 0 Å². The summed E-state index contributed by atoms with van der Waals surface area (Å²) in [5.74, 6) is -0.177. The SMILES string of the molecule is CC1=NS(=O)(=O)NC(C)=C1CC(=O)NCCc1ccc(Cl)cc1. The molecule has 0 radical (unpaired) electrons. The van der Waals surface area contributed by atoms with Crippen LogP contribution in [-0.4, -0.2) is 26.6 Å². The number of halogens is 1. The average Bonchev–Trinajstić information content (AvgIpc) is 2.44. The van der Waals surface area contributed by atoms with Gasteiger partial charge >= 0.3 is 10.2 Å². The molecule has 1 heterocycles. The van der Waals surface area contributed by atoms with Gasteiger partial charge in [-0.25, -0.2) is 0 Å². The maximum atomic E-state index is 12.0. The Bertz CT molecular complexity index is 768. The Balaban J connectivity index is 1.88. The number of carbonyl (C=O) groups excluding carboxylic acids is 1. The number of benzene rings is 1. The van der Waals surface area contributed by atoms with Crippen LogP contribution in [0.3, 0.4) is 0 Å². The highest BCUT2D eigenvalue weighted by atomic mass is 35.5. The van der Waals surface area contributed by atoms with Gasteiger partial charge in [0.25, 0.3) is 0 Å². The lowest BCUT2D eigenvalue weighted by Crippen LogP contribution is -2.31. The number of allylic oxidation sites excluding steroid dienone is 1. The molecule has 0 saturated carbocycles. The highest BCUT2D eigenvalue weighted by Crippen LogP contribution is 2.16. The molecular weight excluding hydrogens is 338 g/mol. The maximum absolute atomic E-state index is 12.0. The van der Waals surface area contributed by atoms with E-state index in [9.17, 15) is 13.2 Å². The van der Waals surface area contributed by atoms with Gasteiger partial charge in [-0.2, -0.15) is 8.42 Å². The summed E-state index contributed by atoms with van der Waals surface area (Å²) < 4.78 is 28.7. The van der Waals surface area contributed by atoms with Crippen LogP contribution in [0.15, 0.2) is 39.9 Å². The zero-order valence-electron chi connectivity index (χ0n) is 12.9. The highest BCUT2D eigenvalue weighted by Gasteiger charge is 2.21. The number of rotatable bonds is 5. The van der Waals surface area contributed by atoms with Gasteiger partial charge in [0, 0.05) is 22.8 Å². The standard InChI is InChI=1S/C15H18ClN3O3S/c1-10-14(11(2)19-23(21,22)18-10)9-15(20)17-8-7-12-3-5-13(16)6-4-12/h3-6,18H,7-9H2,1-2H3,(H,17,20). The number of amides is 1. The molecule has 0 unspecified atom stereocenters. The molecule has 1 aromatic rings. The van der Waals surface area contributed by atoms with Crippen LogP contribution in [0.2, 0.25) is 5.02 Å². The molecule has 0 aliphatic carbocycles. The Hall–Kier alpha value is -1.86. The first-order valence-corrected chi connectivity index (χ1v) is 8.89. The fourth-order valence-electron chi connectivity index (χ4n) is 2.27. The van der Waals surface area contributed by atoms with E-state index in [1.54, 1.807) is 26.0 Å². The van der Waals surface area contributed by atoms with E-state index in [0.29, 0.717) is 35.0 Å². The summed E-state index contributed by atoms with van der Waals surface area (Å²) in [4.78, 5) is 12.0. The Morgan fingerprint density at radius 2 is 1.91 bits per heavy atom. The minimum atomic E-state index is -3.67. The second-order valence-electron chi connectivity index (χ2n) is 5.26. The molecule has 6 nitrogen and oxygen atoms in total. The zero-order chi connectivity index (χ0) is 17.0. The molecular formula is C15H18ClN3O3S. The van der Waals surface area contributed by atoms with Crippen molar-refractivity contribution < 1.29 is 13.2 Å². The first-order chi connectivity index (χ1) is 10.8. The van der Waals surface area contributed by atoms with E-state index in [1.165, 1.54) is 0 Å². The minimum Gasteiger partial charge on any atom is -0.355 e. The van der Waals surface area contributed by atoms with E-state index in [1.807, 2.05) is 12.1 Å². The van der Waals surface area contributed by atoms with Gasteiger partial charge in [-0.15, -0.1) is 4.40 Å². The van der Waals surface area contributed by atoms with Crippen molar-refractivity contribution in [3.8, 4) is 0 Å². The number of hydrogen-bond acceptors (Lipinski definition) is 3. The lowest BCUT2D eigenvalue weighted by atomic mass is 10.1. The van der Waals surface area contributed by atoms with Crippen LogP contribution in [0.5, 0.6) is 0 Å². The fraction of sp³-hybridized carbons (Fsp3) is 0.333. The molecule has 1 aliphatic heterocycles. The largest absolute Gasteiger partial charge is 0.355 e. The molecule has 0 aromatic heterocycles. The van der Waals surface area contributed by atoms with Crippen LogP contribution in [0, 0.1) is 0 Å². The van der Waals surface area contributed by atoms with Gasteiger partial charge in [-0.3, -0.25) is 9.52 Å². The van der Waals surface area contributed by atoms with Gasteiger partial charge in [0.05, 0.1) is 12.1 Å². The van der Waals surface area contributed by atoms with Gasteiger partial charge in [0.2, 0.25) is 5.91 Å². The van der Waals surface area contributed by atoms with E-state index < -0.39 is 10.2 Å². The fourth-order valence-corrected chi connectivity index (χ4v) is 3.42. The normalized spacial score (nSPS) is 16.6. The summed E-state index contributed by atoms with van der Waals surface area (Å²) in [6.07, 6.45) is 0.783. The monoisotopic (exact) mass is 355 g/mol. The number of carbonyl (C=O) groups is 1. The van der Waals surface area contributed by atoms with Crippen molar-refractivity contribution in [1.82, 2.24) is 10.0 Å². The lowest BCUT2D eigenvalue weighted by molar-refractivity contribution is -0.120. The molecule has 1 aliphatic rings. The summed E-state index contributed by atoms with van der Waals surface area (Å²) in [6.45, 7) is 3.69. The number of nitrogens with zero attached hydrogens (tertiary/aromatic N) is 1. The molecule has 0 bridgehead atoms. The summed E-state index contributed by atoms with van der Waals surface area (Å²) in [7, 11) is -3.67. The van der Waals surface area contributed by atoms with Crippen LogP contribution in [0.25, 0.3) is 0 Å². The Morgan fingerprint density at radius 1 is 1.26 bits per heavy atom. The van der Waals surface area contributed by atoms with E-state index in [4.69, 9.17) is 11.6 Å². The molecule has 0 spiro atoms. The van der Waals surface area contributed by atoms with Gasteiger partial charge in [0.1, 0.15) is 0 Å². The average molecular weight is 356 g/mol. The second kappa shape index (κ2) is 7.14. The van der Waals surface area contributed by atoms with Crippen LogP contribution in [-0.2, 0) is 21.4 Å². The van der Waals surface area contributed by atoms with Gasteiger partial charge < -0.3 is 5.32 Å². The second-order valence-corrected chi connectivity index (χ2v) is 7.03. The molecule has 23 heavy (non-hydrogen) atoms. The smallest absolute Gasteiger partial charge is 0.342 e. The van der Waals surface area contributed by atoms with E-state index in [2.05, 4.69) is 14.4 Å². The molecule has 8 heteroatoms. The van der Waals surface area contributed by atoms with Gasteiger partial charge in [-0.1, -0.05) is 23.7 Å². The first-order valence-electron chi connectivity index (χ1n) is 7.07. The highest BCUT2D eigenvalue weighted by molar-refractivity contribution is 7.88. The van der Waals surface area contributed by atoms with Crippen LogP contribution in [0.4, 0.5) is 0 Å². The summed E-state index contributed by atoms with van der Waals surface area (Å²) in [5.41, 5.74) is 2.46. The van der Waals surface area contributed by atoms with Crippen molar-refractivity contribution in [3.63, 3.8) is 0 Å². The molecule has 1 amide bonds. The minimum absolute atomic E-state index is 0.0876. The van der Waals surface area contributed by atoms with Crippen LogP contribution in [0.1, 0.15) is 25.8 Å². The van der Waals surface area contributed by atoms with Crippen molar-refractivity contribution in [3.05, 3.63) is 46.1 Å². The third-order valence-electron chi connectivity index (χ3n) is 3.42. The first kappa shape index (κ1) is 17.5. The van der Waals surface area contributed by atoms with Crippen molar-refractivity contribution in [1.29, 1.82) is 0 Å². The van der Waals surface area contributed by atoms with Crippen LogP contribution < -0.4 is 10.0 Å². The summed E-state index contributed by atoms with van der Waals surface area (Å²) >= 11 is 5.82. The quantitative estimate of drug-likeness (QED) is 0.846. The Kier molecular flexibility index (Phi) is 5.43. The van der Waals surface area contributed by atoms with Crippen molar-refractivity contribution in [2.75, 3.05) is 6.54 Å². The van der Waals surface area contributed by atoms with Crippen molar-refractivity contribution in [2.24, 2.45) is 4.40 Å². The topological polar surface area (TPSA) is 87.6 Å². The van der Waals surface area contributed by atoms with Gasteiger partial charge in [-0.05, 0) is 38.0 Å². The molecule has 2 N–H and O–H groups in total. The number of nitrogens with one attached hydrogen (secondary N) is 2. The zero-order valence-corrected chi connectivity index (χ0v) is 14.5. The molecule has 0 fully saturated rings. The lowest BCUT2D eigenvalue weighted by Gasteiger charge is -2.17. The molecule has 0 atom stereocenters. The predicted molar refractivity (Wildman–Crippen MR) is 90.6 cm³/mol. The molecule has 124 valence electrons. The molecule has 1 aromatic carbocycles. The maximum Gasteiger partial charge on any atom is 0.342 e. The Labute approximate surface area is 140 Å². The van der Waals surface area contributed by atoms with Crippen LogP contribution >= 0.6 is 11.6 Å². The van der Waals surface area contributed by atoms with Gasteiger partial charge in [0.15, 0.2) is 0 Å². The third-order valence-corrected chi connectivity index (χ3v) is 4.75. The van der Waals surface area contributed by atoms with E-state index in [-0.39, 0.29) is 12.3 Å². The molecule has 2 rings (SSSR count).